The van der Waals surface area contributed by atoms with Crippen LogP contribution in [0.3, 0.4) is 0 Å². The number of aromatic nitrogens is 2. The van der Waals surface area contributed by atoms with Crippen LogP contribution in [0.1, 0.15) is 22.8 Å². The van der Waals surface area contributed by atoms with E-state index in [2.05, 4.69) is 25.1 Å². The molecule has 30 heavy (non-hydrogen) atoms. The summed E-state index contributed by atoms with van der Waals surface area (Å²) in [6.45, 7) is 4.85. The van der Waals surface area contributed by atoms with Crippen molar-refractivity contribution in [3.05, 3.63) is 59.9 Å². The highest BCUT2D eigenvalue weighted by molar-refractivity contribution is 5.96. The SMILES string of the molecule is CC(=O)NC(/C=C/c1ccccc1)CN1CCN(c2ncc(C(=O)CO)cn2)CC1. The van der Waals surface area contributed by atoms with E-state index >= 15 is 0 Å². The molecule has 1 saturated heterocycles. The lowest BCUT2D eigenvalue weighted by Gasteiger charge is -2.36. The minimum absolute atomic E-state index is 0.0535. The molecule has 0 spiro atoms. The Balaban J connectivity index is 1.55. The molecule has 1 unspecified atom stereocenters. The van der Waals surface area contributed by atoms with Crippen molar-refractivity contribution in [2.75, 3.05) is 44.2 Å². The summed E-state index contributed by atoms with van der Waals surface area (Å²) >= 11 is 0. The molecule has 0 saturated carbocycles. The fourth-order valence-electron chi connectivity index (χ4n) is 3.34. The van der Waals surface area contributed by atoms with Crippen molar-refractivity contribution in [2.45, 2.75) is 13.0 Å². The molecule has 1 aliphatic heterocycles. The summed E-state index contributed by atoms with van der Waals surface area (Å²) in [4.78, 5) is 36.0. The fraction of sp³-hybridized carbons (Fsp3) is 0.364. The van der Waals surface area contributed by atoms with Gasteiger partial charge in [0.15, 0.2) is 5.78 Å². The van der Waals surface area contributed by atoms with Crippen LogP contribution in [0.25, 0.3) is 6.08 Å². The van der Waals surface area contributed by atoms with Crippen molar-refractivity contribution in [1.82, 2.24) is 20.2 Å². The first-order valence-corrected chi connectivity index (χ1v) is 9.99. The topological polar surface area (TPSA) is 98.7 Å². The second-order valence-electron chi connectivity index (χ2n) is 7.22. The highest BCUT2D eigenvalue weighted by atomic mass is 16.3. The fourth-order valence-corrected chi connectivity index (χ4v) is 3.34. The van der Waals surface area contributed by atoms with Gasteiger partial charge in [0.1, 0.15) is 6.61 Å². The number of carbonyl (C=O) groups excluding carboxylic acids is 2. The Bertz CT molecular complexity index is 862. The summed E-state index contributed by atoms with van der Waals surface area (Å²) in [6.07, 6.45) is 6.96. The van der Waals surface area contributed by atoms with Gasteiger partial charge in [-0.15, -0.1) is 0 Å². The molecule has 1 fully saturated rings. The first kappa shape index (κ1) is 21.6. The van der Waals surface area contributed by atoms with Crippen LogP contribution in [-0.2, 0) is 4.79 Å². The predicted molar refractivity (Wildman–Crippen MR) is 115 cm³/mol. The molecule has 2 aromatic rings. The van der Waals surface area contributed by atoms with Crippen LogP contribution in [0.5, 0.6) is 0 Å². The first-order chi connectivity index (χ1) is 14.5. The number of nitrogens with one attached hydrogen (secondary N) is 1. The van der Waals surface area contributed by atoms with Gasteiger partial charge in [0.2, 0.25) is 11.9 Å². The van der Waals surface area contributed by atoms with Crippen LogP contribution in [0.2, 0.25) is 0 Å². The minimum atomic E-state index is -0.546. The van der Waals surface area contributed by atoms with E-state index < -0.39 is 6.61 Å². The number of aliphatic hydroxyl groups is 1. The van der Waals surface area contributed by atoms with Gasteiger partial charge in [0, 0.05) is 52.0 Å². The van der Waals surface area contributed by atoms with Crippen molar-refractivity contribution < 1.29 is 14.7 Å². The van der Waals surface area contributed by atoms with E-state index in [0.717, 1.165) is 38.3 Å². The molecule has 1 amide bonds. The lowest BCUT2D eigenvalue weighted by Crippen LogP contribution is -2.51. The summed E-state index contributed by atoms with van der Waals surface area (Å²) in [5.41, 5.74) is 1.40. The average molecular weight is 409 g/mol. The summed E-state index contributed by atoms with van der Waals surface area (Å²) < 4.78 is 0. The molecule has 2 heterocycles. The van der Waals surface area contributed by atoms with Gasteiger partial charge in [-0.1, -0.05) is 42.5 Å². The smallest absolute Gasteiger partial charge is 0.225 e. The predicted octanol–water partition coefficient (Wildman–Crippen LogP) is 0.992. The molecule has 3 rings (SSSR count). The van der Waals surface area contributed by atoms with Gasteiger partial charge in [-0.05, 0) is 5.56 Å². The molecule has 1 aliphatic rings. The standard InChI is InChI=1S/C22H27N5O3/c1-17(29)25-20(8-7-18-5-3-2-4-6-18)15-26-9-11-27(12-10-26)22-23-13-19(14-24-22)21(30)16-28/h2-8,13-14,20,28H,9-12,15-16H2,1H3,(H,25,29)/b8-7+. The van der Waals surface area contributed by atoms with E-state index in [1.165, 1.54) is 19.3 Å². The number of nitrogens with zero attached hydrogens (tertiary/aromatic N) is 4. The number of hydrogen-bond donors (Lipinski definition) is 2. The molecular formula is C22H27N5O3. The van der Waals surface area contributed by atoms with E-state index in [-0.39, 0.29) is 17.7 Å². The number of anilines is 1. The Hall–Kier alpha value is -3.10. The van der Waals surface area contributed by atoms with Crippen molar-refractivity contribution in [1.29, 1.82) is 0 Å². The molecule has 0 bridgehead atoms. The van der Waals surface area contributed by atoms with Gasteiger partial charge in [-0.2, -0.15) is 0 Å². The minimum Gasteiger partial charge on any atom is -0.388 e. The zero-order valence-corrected chi connectivity index (χ0v) is 17.1. The number of aliphatic hydroxyl groups excluding tert-OH is 1. The second-order valence-corrected chi connectivity index (χ2v) is 7.22. The Labute approximate surface area is 176 Å². The zero-order valence-electron chi connectivity index (χ0n) is 17.1. The van der Waals surface area contributed by atoms with Gasteiger partial charge in [0.05, 0.1) is 11.6 Å². The monoisotopic (exact) mass is 409 g/mol. The van der Waals surface area contributed by atoms with E-state index in [9.17, 15) is 9.59 Å². The van der Waals surface area contributed by atoms with Gasteiger partial charge >= 0.3 is 0 Å². The summed E-state index contributed by atoms with van der Waals surface area (Å²) in [5.74, 6) is 0.132. The maximum atomic E-state index is 11.6. The zero-order chi connectivity index (χ0) is 21.3. The third-order valence-corrected chi connectivity index (χ3v) is 4.92. The average Bonchev–Trinajstić information content (AvgIpc) is 2.78. The number of benzene rings is 1. The third-order valence-electron chi connectivity index (χ3n) is 4.92. The Morgan fingerprint density at radius 1 is 1.13 bits per heavy atom. The van der Waals surface area contributed by atoms with Crippen LogP contribution in [-0.4, -0.2) is 77.0 Å². The van der Waals surface area contributed by atoms with Gasteiger partial charge in [-0.3, -0.25) is 14.5 Å². The number of rotatable bonds is 8. The number of Topliss-reactive ketones (excluding diaryl/α,β-unsaturated/α-hetero) is 1. The summed E-state index contributed by atoms with van der Waals surface area (Å²) in [5, 5.41) is 11.9. The molecule has 8 heteroatoms. The third kappa shape index (κ3) is 6.20. The number of hydrogen-bond acceptors (Lipinski definition) is 7. The Morgan fingerprint density at radius 3 is 2.40 bits per heavy atom. The van der Waals surface area contributed by atoms with Crippen LogP contribution in [0.4, 0.5) is 5.95 Å². The Morgan fingerprint density at radius 2 is 1.80 bits per heavy atom. The number of carbonyl (C=O) groups is 2. The van der Waals surface area contributed by atoms with Crippen molar-refractivity contribution in [3.8, 4) is 0 Å². The number of amides is 1. The maximum absolute atomic E-state index is 11.6. The maximum Gasteiger partial charge on any atom is 0.225 e. The molecule has 158 valence electrons. The Kier molecular flexibility index (Phi) is 7.64. The van der Waals surface area contributed by atoms with Crippen LogP contribution in [0.15, 0.2) is 48.8 Å². The highest BCUT2D eigenvalue weighted by Gasteiger charge is 2.21. The molecule has 8 nitrogen and oxygen atoms in total. The number of ketones is 1. The van der Waals surface area contributed by atoms with E-state index in [4.69, 9.17) is 5.11 Å². The summed E-state index contributed by atoms with van der Waals surface area (Å²) in [7, 11) is 0. The van der Waals surface area contributed by atoms with Crippen LogP contribution in [0, 0.1) is 0 Å². The van der Waals surface area contributed by atoms with Crippen molar-refractivity contribution in [2.24, 2.45) is 0 Å². The largest absolute Gasteiger partial charge is 0.388 e. The lowest BCUT2D eigenvalue weighted by molar-refractivity contribution is -0.119. The molecule has 1 aromatic heterocycles. The molecule has 0 radical (unpaired) electrons. The van der Waals surface area contributed by atoms with E-state index in [0.29, 0.717) is 11.5 Å². The molecular weight excluding hydrogens is 382 g/mol. The van der Waals surface area contributed by atoms with Crippen LogP contribution < -0.4 is 10.2 Å². The van der Waals surface area contributed by atoms with E-state index in [1.54, 1.807) is 0 Å². The number of piperazine rings is 1. The lowest BCUT2D eigenvalue weighted by atomic mass is 10.1. The quantitative estimate of drug-likeness (QED) is 0.628. The second kappa shape index (κ2) is 10.6. The van der Waals surface area contributed by atoms with Gasteiger partial charge in [-0.25, -0.2) is 9.97 Å². The van der Waals surface area contributed by atoms with Gasteiger partial charge in [0.25, 0.3) is 0 Å². The molecule has 1 atom stereocenters. The molecule has 1 aromatic carbocycles. The molecule has 2 N–H and O–H groups in total. The molecule has 0 aliphatic carbocycles. The van der Waals surface area contributed by atoms with Crippen molar-refractivity contribution >= 4 is 23.7 Å². The first-order valence-electron chi connectivity index (χ1n) is 9.99. The van der Waals surface area contributed by atoms with Crippen molar-refractivity contribution in [3.63, 3.8) is 0 Å². The highest BCUT2D eigenvalue weighted by Crippen LogP contribution is 2.12. The summed E-state index contributed by atoms with van der Waals surface area (Å²) in [6, 6.07) is 9.93. The normalized spacial score (nSPS) is 15.9. The van der Waals surface area contributed by atoms with Crippen LogP contribution >= 0.6 is 0 Å². The van der Waals surface area contributed by atoms with E-state index in [1.807, 2.05) is 42.5 Å². The van der Waals surface area contributed by atoms with Gasteiger partial charge < -0.3 is 15.3 Å².